The Hall–Kier alpha value is -2.67. The second kappa shape index (κ2) is 6.67. The zero-order valence-electron chi connectivity index (χ0n) is 11.2. The summed E-state index contributed by atoms with van der Waals surface area (Å²) in [5.41, 5.74) is 6.70. The van der Waals surface area contributed by atoms with E-state index in [0.717, 1.165) is 5.56 Å². The number of nitrogens with two attached hydrogens (primary N) is 1. The fraction of sp³-hybridized carbons (Fsp3) is 0.214. The lowest BCUT2D eigenvalue weighted by atomic mass is 10.1. The summed E-state index contributed by atoms with van der Waals surface area (Å²) in [6.07, 6.45) is 1.26. The molecule has 110 valence electrons. The molecule has 0 fully saturated rings. The van der Waals surface area contributed by atoms with Gasteiger partial charge in [-0.15, -0.1) is 0 Å². The first-order valence-electron chi connectivity index (χ1n) is 6.29. The van der Waals surface area contributed by atoms with E-state index >= 15 is 0 Å². The number of carboxylic acid groups (broad SMARTS) is 1. The second-order valence-electron chi connectivity index (χ2n) is 4.43. The lowest BCUT2D eigenvalue weighted by Crippen LogP contribution is -2.33. The molecule has 7 heteroatoms. The number of hydrogen-bond acceptors (Lipinski definition) is 5. The van der Waals surface area contributed by atoms with Crippen LogP contribution in [0, 0.1) is 0 Å². The number of nitrogens with one attached hydrogen (secondary N) is 1. The molecular weight excluding hydrogens is 274 g/mol. The number of carbonyl (C=O) groups excluding carboxylic acids is 1. The minimum absolute atomic E-state index is 0.0470. The molecule has 0 radical (unpaired) electrons. The molecule has 1 heterocycles. The van der Waals surface area contributed by atoms with Crippen LogP contribution < -0.4 is 5.73 Å². The van der Waals surface area contributed by atoms with E-state index in [4.69, 9.17) is 15.6 Å². The Bertz CT molecular complexity index is 624. The van der Waals surface area contributed by atoms with Gasteiger partial charge in [-0.2, -0.15) is 0 Å². The molecule has 0 saturated carbocycles. The van der Waals surface area contributed by atoms with E-state index in [1.165, 1.54) is 6.33 Å². The quantitative estimate of drug-likeness (QED) is 0.674. The number of carboxylic acids is 1. The Morgan fingerprint density at radius 3 is 2.71 bits per heavy atom. The van der Waals surface area contributed by atoms with E-state index in [-0.39, 0.29) is 24.4 Å². The van der Waals surface area contributed by atoms with Gasteiger partial charge in [-0.1, -0.05) is 30.3 Å². The third-order valence-corrected chi connectivity index (χ3v) is 2.87. The maximum atomic E-state index is 12.0. The molecular formula is C14H15N3O4. The second-order valence-corrected chi connectivity index (χ2v) is 4.43. The van der Waals surface area contributed by atoms with Gasteiger partial charge in [-0.3, -0.25) is 4.79 Å². The molecule has 0 saturated heterocycles. The Morgan fingerprint density at radius 1 is 1.33 bits per heavy atom. The Balaban J connectivity index is 2.00. The number of aromatic amines is 1. The van der Waals surface area contributed by atoms with E-state index in [2.05, 4.69) is 9.97 Å². The highest BCUT2D eigenvalue weighted by Gasteiger charge is 2.21. The fourth-order valence-electron chi connectivity index (χ4n) is 1.75. The van der Waals surface area contributed by atoms with Crippen LogP contribution in [0.15, 0.2) is 36.7 Å². The molecule has 2 rings (SSSR count). The third-order valence-electron chi connectivity index (χ3n) is 2.87. The molecule has 1 aromatic carbocycles. The van der Waals surface area contributed by atoms with Gasteiger partial charge < -0.3 is 20.6 Å². The van der Waals surface area contributed by atoms with Crippen LogP contribution in [0.3, 0.4) is 0 Å². The van der Waals surface area contributed by atoms with Gasteiger partial charge in [-0.25, -0.2) is 9.78 Å². The lowest BCUT2D eigenvalue weighted by Gasteiger charge is -2.07. The van der Waals surface area contributed by atoms with E-state index in [1.807, 2.05) is 30.3 Å². The molecule has 21 heavy (non-hydrogen) atoms. The number of rotatable bonds is 6. The first-order valence-corrected chi connectivity index (χ1v) is 6.29. The van der Waals surface area contributed by atoms with E-state index in [0.29, 0.717) is 0 Å². The predicted octanol–water partition coefficient (Wildman–Crippen LogP) is 0.721. The van der Waals surface area contributed by atoms with Crippen LogP contribution in [-0.2, 0) is 22.6 Å². The van der Waals surface area contributed by atoms with Crippen LogP contribution in [-0.4, -0.2) is 33.1 Å². The summed E-state index contributed by atoms with van der Waals surface area (Å²) in [7, 11) is 0. The molecule has 0 aliphatic carbocycles. The summed E-state index contributed by atoms with van der Waals surface area (Å²) in [5, 5.41) is 8.78. The SMILES string of the molecule is NC(Cc1nc[nH]c1C(=O)OCc1ccccc1)C(=O)O. The molecule has 0 aliphatic heterocycles. The first kappa shape index (κ1) is 14.7. The molecule has 4 N–H and O–H groups in total. The third kappa shape index (κ3) is 3.90. The van der Waals surface area contributed by atoms with Crippen molar-refractivity contribution in [2.24, 2.45) is 5.73 Å². The summed E-state index contributed by atoms with van der Waals surface area (Å²) in [5.74, 6) is -1.74. The highest BCUT2D eigenvalue weighted by molar-refractivity contribution is 5.88. The van der Waals surface area contributed by atoms with Crippen molar-refractivity contribution in [3.63, 3.8) is 0 Å². The van der Waals surface area contributed by atoms with Crippen LogP contribution in [0.1, 0.15) is 21.7 Å². The van der Waals surface area contributed by atoms with Crippen LogP contribution in [0.4, 0.5) is 0 Å². The maximum Gasteiger partial charge on any atom is 0.357 e. The van der Waals surface area contributed by atoms with Gasteiger partial charge in [0.2, 0.25) is 0 Å². The van der Waals surface area contributed by atoms with Gasteiger partial charge in [0.25, 0.3) is 0 Å². The molecule has 0 bridgehead atoms. The lowest BCUT2D eigenvalue weighted by molar-refractivity contribution is -0.138. The van der Waals surface area contributed by atoms with Crippen molar-refractivity contribution in [3.05, 3.63) is 53.6 Å². The molecule has 1 aromatic heterocycles. The van der Waals surface area contributed by atoms with E-state index in [9.17, 15) is 9.59 Å². The van der Waals surface area contributed by atoms with Crippen molar-refractivity contribution in [1.29, 1.82) is 0 Å². The largest absolute Gasteiger partial charge is 0.480 e. The summed E-state index contributed by atoms with van der Waals surface area (Å²) in [6.45, 7) is 0.128. The summed E-state index contributed by atoms with van der Waals surface area (Å²) in [6, 6.07) is 8.11. The van der Waals surface area contributed by atoms with Crippen LogP contribution in [0.2, 0.25) is 0 Å². The number of imidazole rings is 1. The minimum Gasteiger partial charge on any atom is -0.480 e. The Kier molecular flexibility index (Phi) is 4.68. The van der Waals surface area contributed by atoms with Crippen LogP contribution >= 0.6 is 0 Å². The molecule has 1 atom stereocenters. The number of carbonyl (C=O) groups is 2. The molecule has 0 amide bonds. The van der Waals surface area contributed by atoms with Crippen molar-refractivity contribution in [2.75, 3.05) is 0 Å². The Labute approximate surface area is 120 Å². The molecule has 0 spiro atoms. The monoisotopic (exact) mass is 289 g/mol. The maximum absolute atomic E-state index is 12.0. The van der Waals surface area contributed by atoms with Crippen molar-refractivity contribution < 1.29 is 19.4 Å². The number of aromatic nitrogens is 2. The standard InChI is InChI=1S/C14H15N3O4/c15-10(13(18)19)6-11-12(17-8-16-11)14(20)21-7-9-4-2-1-3-5-9/h1-5,8,10H,6-7,15H2,(H,16,17)(H,18,19). The number of ether oxygens (including phenoxy) is 1. The zero-order valence-corrected chi connectivity index (χ0v) is 11.2. The Morgan fingerprint density at radius 2 is 2.05 bits per heavy atom. The van der Waals surface area contributed by atoms with Crippen molar-refractivity contribution in [3.8, 4) is 0 Å². The normalized spacial score (nSPS) is 11.9. The topological polar surface area (TPSA) is 118 Å². The molecule has 2 aromatic rings. The fourth-order valence-corrected chi connectivity index (χ4v) is 1.75. The van der Waals surface area contributed by atoms with Gasteiger partial charge >= 0.3 is 11.9 Å². The predicted molar refractivity (Wildman–Crippen MR) is 73.5 cm³/mol. The van der Waals surface area contributed by atoms with Gasteiger partial charge in [0.05, 0.1) is 12.0 Å². The number of aliphatic carboxylic acids is 1. The van der Waals surface area contributed by atoms with Crippen LogP contribution in [0.5, 0.6) is 0 Å². The average Bonchev–Trinajstić information content (AvgIpc) is 2.94. The number of hydrogen-bond donors (Lipinski definition) is 3. The van der Waals surface area contributed by atoms with Crippen LogP contribution in [0.25, 0.3) is 0 Å². The number of nitrogens with zero attached hydrogens (tertiary/aromatic N) is 1. The van der Waals surface area contributed by atoms with E-state index in [1.54, 1.807) is 0 Å². The summed E-state index contributed by atoms with van der Waals surface area (Å²) < 4.78 is 5.16. The van der Waals surface area contributed by atoms with Crippen molar-refractivity contribution in [2.45, 2.75) is 19.1 Å². The number of benzene rings is 1. The van der Waals surface area contributed by atoms with Gasteiger partial charge in [-0.05, 0) is 5.56 Å². The van der Waals surface area contributed by atoms with Gasteiger partial charge in [0.1, 0.15) is 18.3 Å². The zero-order chi connectivity index (χ0) is 15.2. The van der Waals surface area contributed by atoms with E-state index < -0.39 is 18.0 Å². The minimum atomic E-state index is -1.15. The summed E-state index contributed by atoms with van der Waals surface area (Å²) >= 11 is 0. The smallest absolute Gasteiger partial charge is 0.357 e. The average molecular weight is 289 g/mol. The number of H-pyrrole nitrogens is 1. The first-order chi connectivity index (χ1) is 10.1. The molecule has 0 aliphatic rings. The van der Waals surface area contributed by atoms with Gasteiger partial charge in [0.15, 0.2) is 0 Å². The van der Waals surface area contributed by atoms with Crippen molar-refractivity contribution in [1.82, 2.24) is 9.97 Å². The number of esters is 1. The highest BCUT2D eigenvalue weighted by Crippen LogP contribution is 2.09. The molecule has 1 unspecified atom stereocenters. The van der Waals surface area contributed by atoms with Gasteiger partial charge in [0, 0.05) is 6.42 Å². The summed E-state index contributed by atoms with van der Waals surface area (Å²) in [4.78, 5) is 29.3. The van der Waals surface area contributed by atoms with Crippen molar-refractivity contribution >= 4 is 11.9 Å². The highest BCUT2D eigenvalue weighted by atomic mass is 16.5. The molecule has 7 nitrogen and oxygen atoms in total.